The fraction of sp³-hybridized carbons (Fsp3) is 0.500. The van der Waals surface area contributed by atoms with Crippen molar-refractivity contribution in [2.75, 3.05) is 14.1 Å². The number of carbonyl (C=O) groups is 2. The number of para-hydroxylation sites is 1. The molecule has 0 unspecified atom stereocenters. The van der Waals surface area contributed by atoms with Crippen LogP contribution < -0.4 is 4.74 Å². The Hall–Kier alpha value is -2.04. The third kappa shape index (κ3) is 3.35. The molecular weight excluding hydrogens is 268 g/mol. The monoisotopic (exact) mass is 292 g/mol. The maximum atomic E-state index is 12.3. The summed E-state index contributed by atoms with van der Waals surface area (Å²) in [6.45, 7) is 7.62. The third-order valence-electron chi connectivity index (χ3n) is 4.60. The summed E-state index contributed by atoms with van der Waals surface area (Å²) in [4.78, 5) is 26.5. The SMILES string of the molecule is CN(C=O)C(C)(C)C(C)(C)N(C)C(=O)Oc1ccccc1. The first-order chi connectivity index (χ1) is 9.64. The van der Waals surface area contributed by atoms with Gasteiger partial charge in [-0.25, -0.2) is 4.79 Å². The Morgan fingerprint density at radius 2 is 1.57 bits per heavy atom. The van der Waals surface area contributed by atoms with E-state index in [9.17, 15) is 9.59 Å². The van der Waals surface area contributed by atoms with Crippen LogP contribution >= 0.6 is 0 Å². The summed E-state index contributed by atoms with van der Waals surface area (Å²) < 4.78 is 5.35. The van der Waals surface area contributed by atoms with Crippen molar-refractivity contribution >= 4 is 12.5 Å². The van der Waals surface area contributed by atoms with E-state index in [2.05, 4.69) is 0 Å². The maximum Gasteiger partial charge on any atom is 0.415 e. The van der Waals surface area contributed by atoms with Crippen LogP contribution in [0.25, 0.3) is 0 Å². The first-order valence-corrected chi connectivity index (χ1v) is 6.83. The van der Waals surface area contributed by atoms with E-state index in [1.807, 2.05) is 33.8 Å². The number of rotatable bonds is 5. The third-order valence-corrected chi connectivity index (χ3v) is 4.60. The predicted octanol–water partition coefficient (Wildman–Crippen LogP) is 2.76. The molecule has 1 rings (SSSR count). The zero-order valence-electron chi connectivity index (χ0n) is 13.6. The molecule has 1 aromatic rings. The van der Waals surface area contributed by atoms with Gasteiger partial charge >= 0.3 is 6.09 Å². The van der Waals surface area contributed by atoms with Crippen LogP contribution in [0.4, 0.5) is 4.79 Å². The van der Waals surface area contributed by atoms with Crippen molar-refractivity contribution in [1.29, 1.82) is 0 Å². The second-order valence-corrected chi connectivity index (χ2v) is 6.07. The van der Waals surface area contributed by atoms with Gasteiger partial charge in [0, 0.05) is 14.1 Å². The average molecular weight is 292 g/mol. The lowest BCUT2D eigenvalue weighted by Gasteiger charge is -2.50. The van der Waals surface area contributed by atoms with Crippen molar-refractivity contribution < 1.29 is 14.3 Å². The molecule has 21 heavy (non-hydrogen) atoms. The van der Waals surface area contributed by atoms with Gasteiger partial charge in [0.25, 0.3) is 0 Å². The normalized spacial score (nSPS) is 11.7. The van der Waals surface area contributed by atoms with Crippen LogP contribution in [0.5, 0.6) is 5.75 Å². The molecule has 0 saturated carbocycles. The lowest BCUT2D eigenvalue weighted by molar-refractivity contribution is -0.125. The smallest absolute Gasteiger partial charge is 0.410 e. The lowest BCUT2D eigenvalue weighted by atomic mass is 9.80. The largest absolute Gasteiger partial charge is 0.415 e. The Labute approximate surface area is 126 Å². The summed E-state index contributed by atoms with van der Waals surface area (Å²) in [6, 6.07) is 8.91. The van der Waals surface area contributed by atoms with Gasteiger partial charge in [0.2, 0.25) is 6.41 Å². The molecular formula is C16H24N2O3. The number of benzene rings is 1. The Morgan fingerprint density at radius 1 is 1.05 bits per heavy atom. The summed E-state index contributed by atoms with van der Waals surface area (Å²) in [7, 11) is 3.37. The summed E-state index contributed by atoms with van der Waals surface area (Å²) in [5.41, 5.74) is -1.17. The van der Waals surface area contributed by atoms with Gasteiger partial charge in [0.05, 0.1) is 11.1 Å². The topological polar surface area (TPSA) is 49.9 Å². The number of likely N-dealkylation sites (N-methyl/N-ethyl adjacent to an activating group) is 2. The Morgan fingerprint density at radius 3 is 2.05 bits per heavy atom. The van der Waals surface area contributed by atoms with E-state index in [1.54, 1.807) is 43.3 Å². The van der Waals surface area contributed by atoms with Gasteiger partial charge in [0.1, 0.15) is 5.75 Å². The molecule has 5 nitrogen and oxygen atoms in total. The Kier molecular flexibility index (Phi) is 4.99. The molecule has 1 aromatic carbocycles. The van der Waals surface area contributed by atoms with Crippen LogP contribution in [-0.2, 0) is 4.79 Å². The van der Waals surface area contributed by atoms with Gasteiger partial charge in [-0.15, -0.1) is 0 Å². The minimum atomic E-state index is -0.617. The first-order valence-electron chi connectivity index (χ1n) is 6.83. The van der Waals surface area contributed by atoms with Gasteiger partial charge in [-0.05, 0) is 39.8 Å². The first kappa shape index (κ1) is 17.0. The van der Waals surface area contributed by atoms with E-state index in [0.29, 0.717) is 5.75 Å². The van der Waals surface area contributed by atoms with Crippen molar-refractivity contribution in [3.05, 3.63) is 30.3 Å². The van der Waals surface area contributed by atoms with Gasteiger partial charge < -0.3 is 14.5 Å². The number of hydrogen-bond acceptors (Lipinski definition) is 3. The summed E-state index contributed by atoms with van der Waals surface area (Å²) in [6.07, 6.45) is 0.302. The van der Waals surface area contributed by atoms with Crippen LogP contribution in [0.1, 0.15) is 27.7 Å². The molecule has 0 heterocycles. The second-order valence-electron chi connectivity index (χ2n) is 6.07. The van der Waals surface area contributed by atoms with E-state index in [4.69, 9.17) is 4.74 Å². The molecule has 0 saturated heterocycles. The molecule has 0 fully saturated rings. The van der Waals surface area contributed by atoms with E-state index < -0.39 is 17.2 Å². The molecule has 0 bridgehead atoms. The van der Waals surface area contributed by atoms with Crippen molar-refractivity contribution in [3.8, 4) is 5.75 Å². The van der Waals surface area contributed by atoms with Gasteiger partial charge in [-0.3, -0.25) is 4.79 Å². The fourth-order valence-corrected chi connectivity index (χ4v) is 1.86. The average Bonchev–Trinajstić information content (AvgIpc) is 2.46. The molecule has 116 valence electrons. The molecule has 5 heteroatoms. The van der Waals surface area contributed by atoms with Crippen LogP contribution in [0, 0.1) is 0 Å². The number of carbonyl (C=O) groups excluding carboxylic acids is 2. The minimum Gasteiger partial charge on any atom is -0.410 e. The molecule has 0 aliphatic carbocycles. The highest BCUT2D eigenvalue weighted by atomic mass is 16.6. The molecule has 0 atom stereocenters. The van der Waals surface area contributed by atoms with E-state index in [-0.39, 0.29) is 0 Å². The number of hydrogen-bond donors (Lipinski definition) is 0. The lowest BCUT2D eigenvalue weighted by Crippen LogP contribution is -2.64. The van der Waals surface area contributed by atoms with Crippen molar-refractivity contribution in [3.63, 3.8) is 0 Å². The van der Waals surface area contributed by atoms with Gasteiger partial charge in [-0.2, -0.15) is 0 Å². The highest BCUT2D eigenvalue weighted by Gasteiger charge is 2.45. The Balaban J connectivity index is 2.92. The minimum absolute atomic E-state index is 0.460. The molecule has 0 radical (unpaired) electrons. The summed E-state index contributed by atoms with van der Waals surface area (Å²) >= 11 is 0. The standard InChI is InChI=1S/C16H24N2O3/c1-15(2,17(5)12-19)16(3,4)18(6)14(20)21-13-10-8-7-9-11-13/h7-12H,1-6H3. The Bertz CT molecular complexity index is 498. The predicted molar refractivity (Wildman–Crippen MR) is 82.2 cm³/mol. The molecule has 0 aliphatic heterocycles. The van der Waals surface area contributed by atoms with Crippen LogP contribution in [0.3, 0.4) is 0 Å². The second kappa shape index (κ2) is 6.16. The van der Waals surface area contributed by atoms with E-state index >= 15 is 0 Å². The zero-order valence-corrected chi connectivity index (χ0v) is 13.6. The molecule has 0 aliphatic rings. The quantitative estimate of drug-likeness (QED) is 0.784. The number of ether oxygens (including phenoxy) is 1. The van der Waals surface area contributed by atoms with Crippen molar-refractivity contribution in [2.24, 2.45) is 0 Å². The van der Waals surface area contributed by atoms with Crippen molar-refractivity contribution in [1.82, 2.24) is 9.80 Å². The van der Waals surface area contributed by atoms with Crippen molar-refractivity contribution in [2.45, 2.75) is 38.8 Å². The van der Waals surface area contributed by atoms with E-state index in [0.717, 1.165) is 6.41 Å². The van der Waals surface area contributed by atoms with Crippen LogP contribution in [0.2, 0.25) is 0 Å². The summed E-state index contributed by atoms with van der Waals surface area (Å²) in [5, 5.41) is 0. The maximum absolute atomic E-state index is 12.3. The highest BCUT2D eigenvalue weighted by Crippen LogP contribution is 2.31. The number of nitrogens with zero attached hydrogens (tertiary/aromatic N) is 2. The zero-order chi connectivity index (χ0) is 16.3. The van der Waals surface area contributed by atoms with Crippen LogP contribution in [0.15, 0.2) is 30.3 Å². The molecule has 0 N–H and O–H groups in total. The van der Waals surface area contributed by atoms with Crippen LogP contribution in [-0.4, -0.2) is 47.5 Å². The van der Waals surface area contributed by atoms with Gasteiger partial charge in [-0.1, -0.05) is 18.2 Å². The van der Waals surface area contributed by atoms with E-state index in [1.165, 1.54) is 4.90 Å². The molecule has 0 spiro atoms. The highest BCUT2D eigenvalue weighted by molar-refractivity contribution is 5.71. The summed E-state index contributed by atoms with van der Waals surface area (Å²) in [5.74, 6) is 0.492. The number of amides is 2. The molecule has 2 amide bonds. The van der Waals surface area contributed by atoms with Gasteiger partial charge in [0.15, 0.2) is 0 Å². The fourth-order valence-electron chi connectivity index (χ4n) is 1.86. The molecule has 0 aromatic heterocycles.